The molecule has 2 aliphatic heterocycles. The SMILES string of the molecule is COCC1(C(=O)N2CCN(C(=O)Cc3ccccc3F)CC2)CCNCC1.Cl. The third kappa shape index (κ3) is 5.01. The number of nitrogens with one attached hydrogen (secondary N) is 1. The second kappa shape index (κ2) is 10.2. The fraction of sp³-hybridized carbons (Fsp3) is 0.600. The second-order valence-corrected chi connectivity index (χ2v) is 7.40. The van der Waals surface area contributed by atoms with Crippen LogP contribution in [-0.2, 0) is 20.7 Å². The Balaban J connectivity index is 0.00000280. The number of carbonyl (C=O) groups is 2. The summed E-state index contributed by atoms with van der Waals surface area (Å²) in [6.45, 7) is 4.06. The summed E-state index contributed by atoms with van der Waals surface area (Å²) in [5.41, 5.74) is -0.0472. The van der Waals surface area contributed by atoms with Gasteiger partial charge in [-0.1, -0.05) is 18.2 Å². The van der Waals surface area contributed by atoms with Crippen molar-refractivity contribution in [2.24, 2.45) is 5.41 Å². The number of halogens is 2. The van der Waals surface area contributed by atoms with E-state index in [1.807, 2.05) is 4.90 Å². The molecule has 28 heavy (non-hydrogen) atoms. The van der Waals surface area contributed by atoms with Gasteiger partial charge in [0.25, 0.3) is 0 Å². The standard InChI is InChI=1S/C20H28FN3O3.ClH/c1-27-15-20(6-8-22-9-7-20)19(26)24-12-10-23(11-13-24)18(25)14-16-4-2-3-5-17(16)21;/h2-5,22H,6-15H2,1H3;1H. The molecule has 1 aromatic rings. The molecule has 2 amide bonds. The predicted molar refractivity (Wildman–Crippen MR) is 107 cm³/mol. The van der Waals surface area contributed by atoms with Crippen LogP contribution >= 0.6 is 12.4 Å². The monoisotopic (exact) mass is 413 g/mol. The quantitative estimate of drug-likeness (QED) is 0.794. The van der Waals surface area contributed by atoms with Crippen LogP contribution in [0, 0.1) is 11.2 Å². The van der Waals surface area contributed by atoms with E-state index in [9.17, 15) is 14.0 Å². The van der Waals surface area contributed by atoms with Gasteiger partial charge in [0.15, 0.2) is 0 Å². The Morgan fingerprint density at radius 2 is 1.71 bits per heavy atom. The molecule has 0 saturated carbocycles. The molecule has 0 radical (unpaired) electrons. The molecular formula is C20H29ClFN3O3. The minimum atomic E-state index is -0.459. The van der Waals surface area contributed by atoms with Crippen LogP contribution in [0.3, 0.4) is 0 Å². The highest BCUT2D eigenvalue weighted by atomic mass is 35.5. The lowest BCUT2D eigenvalue weighted by Crippen LogP contribution is -2.57. The van der Waals surface area contributed by atoms with Gasteiger partial charge < -0.3 is 19.9 Å². The van der Waals surface area contributed by atoms with Gasteiger partial charge >= 0.3 is 0 Å². The van der Waals surface area contributed by atoms with Gasteiger partial charge in [-0.15, -0.1) is 12.4 Å². The topological polar surface area (TPSA) is 61.9 Å². The van der Waals surface area contributed by atoms with E-state index in [0.717, 1.165) is 25.9 Å². The molecule has 0 unspecified atom stereocenters. The van der Waals surface area contributed by atoms with Gasteiger partial charge in [0.1, 0.15) is 5.82 Å². The normalized spacial score (nSPS) is 19.1. The number of ether oxygens (including phenoxy) is 1. The van der Waals surface area contributed by atoms with Gasteiger partial charge in [-0.3, -0.25) is 9.59 Å². The second-order valence-electron chi connectivity index (χ2n) is 7.40. The fourth-order valence-corrected chi connectivity index (χ4v) is 4.01. The zero-order valence-electron chi connectivity index (χ0n) is 16.3. The van der Waals surface area contributed by atoms with Crippen molar-refractivity contribution < 1.29 is 18.7 Å². The molecule has 8 heteroatoms. The number of amides is 2. The molecule has 0 bridgehead atoms. The molecular weight excluding hydrogens is 385 g/mol. The molecule has 156 valence electrons. The van der Waals surface area contributed by atoms with Crippen molar-refractivity contribution in [3.05, 3.63) is 35.6 Å². The lowest BCUT2D eigenvalue weighted by molar-refractivity contribution is -0.151. The van der Waals surface area contributed by atoms with E-state index in [1.165, 1.54) is 6.07 Å². The lowest BCUT2D eigenvalue weighted by atomic mass is 9.78. The van der Waals surface area contributed by atoms with Gasteiger partial charge in [0, 0.05) is 33.3 Å². The van der Waals surface area contributed by atoms with E-state index in [2.05, 4.69) is 5.32 Å². The van der Waals surface area contributed by atoms with Gasteiger partial charge in [0.05, 0.1) is 18.4 Å². The lowest BCUT2D eigenvalue weighted by Gasteiger charge is -2.42. The Kier molecular flexibility index (Phi) is 8.22. The molecule has 2 heterocycles. The number of piperidine rings is 1. The molecule has 0 atom stereocenters. The van der Waals surface area contributed by atoms with E-state index in [1.54, 1.807) is 30.2 Å². The molecule has 2 fully saturated rings. The maximum atomic E-state index is 13.8. The molecule has 1 N–H and O–H groups in total. The average Bonchev–Trinajstić information content (AvgIpc) is 2.70. The number of carbonyl (C=O) groups excluding carboxylic acids is 2. The molecule has 1 aromatic carbocycles. The van der Waals surface area contributed by atoms with Crippen molar-refractivity contribution in [1.29, 1.82) is 0 Å². The highest BCUT2D eigenvalue weighted by Crippen LogP contribution is 2.32. The van der Waals surface area contributed by atoms with Crippen LogP contribution in [0.4, 0.5) is 4.39 Å². The van der Waals surface area contributed by atoms with Crippen LogP contribution in [0.5, 0.6) is 0 Å². The first-order valence-electron chi connectivity index (χ1n) is 9.56. The summed E-state index contributed by atoms with van der Waals surface area (Å²) in [6, 6.07) is 6.35. The third-order valence-corrected chi connectivity index (χ3v) is 5.65. The summed E-state index contributed by atoms with van der Waals surface area (Å²) in [7, 11) is 1.64. The summed E-state index contributed by atoms with van der Waals surface area (Å²) in [5.74, 6) is -0.320. The van der Waals surface area contributed by atoms with Gasteiger partial charge in [-0.25, -0.2) is 4.39 Å². The molecule has 0 aliphatic carbocycles. The van der Waals surface area contributed by atoms with Crippen LogP contribution < -0.4 is 5.32 Å². The number of hydrogen-bond acceptors (Lipinski definition) is 4. The van der Waals surface area contributed by atoms with E-state index < -0.39 is 5.41 Å². The molecule has 2 saturated heterocycles. The minimum Gasteiger partial charge on any atom is -0.384 e. The number of nitrogens with zero attached hydrogens (tertiary/aromatic N) is 2. The van der Waals surface area contributed by atoms with Crippen molar-refractivity contribution in [1.82, 2.24) is 15.1 Å². The number of hydrogen-bond donors (Lipinski definition) is 1. The largest absolute Gasteiger partial charge is 0.384 e. The Morgan fingerprint density at radius 3 is 2.32 bits per heavy atom. The van der Waals surface area contributed by atoms with Crippen molar-refractivity contribution >= 4 is 24.2 Å². The Morgan fingerprint density at radius 1 is 1.11 bits per heavy atom. The van der Waals surface area contributed by atoms with Gasteiger partial charge in [-0.2, -0.15) is 0 Å². The highest BCUT2D eigenvalue weighted by molar-refractivity contribution is 5.85. The molecule has 2 aliphatic rings. The van der Waals surface area contributed by atoms with Crippen LogP contribution in [-0.4, -0.2) is 74.6 Å². The summed E-state index contributed by atoms with van der Waals surface area (Å²) in [4.78, 5) is 29.2. The Hall–Kier alpha value is -1.70. The van der Waals surface area contributed by atoms with E-state index in [0.29, 0.717) is 38.3 Å². The average molecular weight is 414 g/mol. The van der Waals surface area contributed by atoms with E-state index in [4.69, 9.17) is 4.74 Å². The zero-order valence-corrected chi connectivity index (χ0v) is 17.1. The van der Waals surface area contributed by atoms with Crippen molar-refractivity contribution in [3.63, 3.8) is 0 Å². The minimum absolute atomic E-state index is 0. The fourth-order valence-electron chi connectivity index (χ4n) is 4.01. The van der Waals surface area contributed by atoms with Crippen molar-refractivity contribution in [2.45, 2.75) is 19.3 Å². The summed E-state index contributed by atoms with van der Waals surface area (Å²) in [6.07, 6.45) is 1.60. The smallest absolute Gasteiger partial charge is 0.231 e. The first-order chi connectivity index (χ1) is 13.1. The highest BCUT2D eigenvalue weighted by Gasteiger charge is 2.43. The van der Waals surface area contributed by atoms with Gasteiger partial charge in [-0.05, 0) is 37.6 Å². The Bertz CT molecular complexity index is 669. The van der Waals surface area contributed by atoms with Crippen LogP contribution in [0.2, 0.25) is 0 Å². The van der Waals surface area contributed by atoms with E-state index in [-0.39, 0.29) is 36.5 Å². The molecule has 0 spiro atoms. The number of methoxy groups -OCH3 is 1. The summed E-state index contributed by atoms with van der Waals surface area (Å²) < 4.78 is 19.1. The van der Waals surface area contributed by atoms with Crippen LogP contribution in [0.15, 0.2) is 24.3 Å². The molecule has 3 rings (SSSR count). The number of benzene rings is 1. The van der Waals surface area contributed by atoms with Crippen LogP contribution in [0.1, 0.15) is 18.4 Å². The zero-order chi connectivity index (χ0) is 19.3. The van der Waals surface area contributed by atoms with Crippen molar-refractivity contribution in [3.8, 4) is 0 Å². The first kappa shape index (κ1) is 22.6. The van der Waals surface area contributed by atoms with E-state index >= 15 is 0 Å². The molecule has 0 aromatic heterocycles. The Labute approximate surface area is 171 Å². The number of piperazine rings is 1. The van der Waals surface area contributed by atoms with Crippen LogP contribution in [0.25, 0.3) is 0 Å². The third-order valence-electron chi connectivity index (χ3n) is 5.65. The maximum Gasteiger partial charge on any atom is 0.231 e. The summed E-state index contributed by atoms with van der Waals surface area (Å²) in [5, 5.41) is 3.30. The first-order valence-corrected chi connectivity index (χ1v) is 9.56. The van der Waals surface area contributed by atoms with Crippen molar-refractivity contribution in [2.75, 3.05) is 53.0 Å². The summed E-state index contributed by atoms with van der Waals surface area (Å²) >= 11 is 0. The predicted octanol–water partition coefficient (Wildman–Crippen LogP) is 1.48. The maximum absolute atomic E-state index is 13.8. The molecule has 6 nitrogen and oxygen atoms in total. The number of rotatable bonds is 5. The van der Waals surface area contributed by atoms with Gasteiger partial charge in [0.2, 0.25) is 11.8 Å².